The summed E-state index contributed by atoms with van der Waals surface area (Å²) in [4.78, 5) is 22.9. The molecule has 1 unspecified atom stereocenters. The van der Waals surface area contributed by atoms with Crippen molar-refractivity contribution in [2.24, 2.45) is 11.1 Å². The quantitative estimate of drug-likeness (QED) is 0.753. The van der Waals surface area contributed by atoms with Gasteiger partial charge in [0.25, 0.3) is 5.91 Å². The van der Waals surface area contributed by atoms with Gasteiger partial charge in [0, 0.05) is 18.3 Å². The number of hydrogen-bond acceptors (Lipinski definition) is 4. The number of rotatable bonds is 5. The first kappa shape index (κ1) is 17.3. The molecule has 4 N–H and O–H groups in total. The third-order valence-electron chi connectivity index (χ3n) is 3.39. The van der Waals surface area contributed by atoms with Crippen LogP contribution in [0.5, 0.6) is 5.75 Å². The van der Waals surface area contributed by atoms with Crippen LogP contribution in [-0.2, 0) is 9.59 Å². The van der Waals surface area contributed by atoms with Crippen molar-refractivity contribution in [1.29, 1.82) is 0 Å². The Hall–Kier alpha value is -1.79. The first-order chi connectivity index (χ1) is 9.49. The van der Waals surface area contributed by atoms with E-state index in [2.05, 4.69) is 10.6 Å². The summed E-state index contributed by atoms with van der Waals surface area (Å²) in [6, 6.07) is 6.91. The molecule has 1 fully saturated rings. The smallest absolute Gasteiger partial charge is 0.255 e. The van der Waals surface area contributed by atoms with Crippen molar-refractivity contribution >= 4 is 29.9 Å². The molecule has 0 saturated carbocycles. The number of ether oxygens (including phenoxy) is 1. The van der Waals surface area contributed by atoms with Crippen LogP contribution in [0.3, 0.4) is 0 Å². The first-order valence-electron chi connectivity index (χ1n) is 6.53. The van der Waals surface area contributed by atoms with Gasteiger partial charge in [0.15, 0.2) is 6.61 Å². The van der Waals surface area contributed by atoms with Gasteiger partial charge in [-0.15, -0.1) is 12.4 Å². The monoisotopic (exact) mass is 313 g/mol. The van der Waals surface area contributed by atoms with Gasteiger partial charge in [-0.3, -0.25) is 9.59 Å². The van der Waals surface area contributed by atoms with Crippen LogP contribution in [-0.4, -0.2) is 31.5 Å². The van der Waals surface area contributed by atoms with E-state index < -0.39 is 5.91 Å². The molecule has 6 nitrogen and oxygen atoms in total. The molecule has 7 heteroatoms. The van der Waals surface area contributed by atoms with Crippen LogP contribution < -0.4 is 21.1 Å². The minimum Gasteiger partial charge on any atom is -0.484 e. The van der Waals surface area contributed by atoms with E-state index in [-0.39, 0.29) is 30.3 Å². The van der Waals surface area contributed by atoms with Crippen LogP contribution in [0.25, 0.3) is 0 Å². The number of carbonyl (C=O) groups excluding carboxylic acids is 2. The van der Waals surface area contributed by atoms with E-state index in [9.17, 15) is 9.59 Å². The van der Waals surface area contributed by atoms with E-state index in [0.717, 1.165) is 13.0 Å². The van der Waals surface area contributed by atoms with Crippen molar-refractivity contribution in [2.45, 2.75) is 13.3 Å². The summed E-state index contributed by atoms with van der Waals surface area (Å²) in [6.07, 6.45) is 0.816. The molecule has 1 heterocycles. The molecule has 2 rings (SSSR count). The van der Waals surface area contributed by atoms with Crippen LogP contribution in [0.15, 0.2) is 24.3 Å². The van der Waals surface area contributed by atoms with Gasteiger partial charge in [0.2, 0.25) is 5.91 Å². The Morgan fingerprint density at radius 1 is 1.48 bits per heavy atom. The van der Waals surface area contributed by atoms with Crippen LogP contribution >= 0.6 is 12.4 Å². The van der Waals surface area contributed by atoms with Gasteiger partial charge in [-0.1, -0.05) is 6.07 Å². The molecular weight excluding hydrogens is 294 g/mol. The lowest BCUT2D eigenvalue weighted by molar-refractivity contribution is -0.124. The highest BCUT2D eigenvalue weighted by Gasteiger charge is 2.36. The molecule has 0 aliphatic carbocycles. The average Bonchev–Trinajstić information content (AvgIpc) is 2.85. The Bertz CT molecular complexity index is 516. The summed E-state index contributed by atoms with van der Waals surface area (Å²) in [5.41, 5.74) is 5.28. The number of benzene rings is 1. The standard InChI is InChI=1S/C14H19N3O3.ClH/c1-14(5-6-16-9-14)13(19)17-10-3-2-4-11(7-10)20-8-12(15)18;/h2-4,7,16H,5-6,8-9H2,1H3,(H2,15,18)(H,17,19);1H. The summed E-state index contributed by atoms with van der Waals surface area (Å²) >= 11 is 0. The number of nitrogens with one attached hydrogen (secondary N) is 2. The Kier molecular flexibility index (Phi) is 5.99. The molecule has 1 aromatic carbocycles. The van der Waals surface area contributed by atoms with Crippen molar-refractivity contribution in [3.63, 3.8) is 0 Å². The second-order valence-electron chi connectivity index (χ2n) is 5.22. The number of anilines is 1. The van der Waals surface area contributed by atoms with Gasteiger partial charge < -0.3 is 21.1 Å². The number of hydrogen-bond donors (Lipinski definition) is 3. The molecular formula is C14H20ClN3O3. The number of carbonyl (C=O) groups is 2. The van der Waals surface area contributed by atoms with E-state index >= 15 is 0 Å². The third-order valence-corrected chi connectivity index (χ3v) is 3.39. The van der Waals surface area contributed by atoms with Crippen molar-refractivity contribution < 1.29 is 14.3 Å². The van der Waals surface area contributed by atoms with Gasteiger partial charge in [0.1, 0.15) is 5.75 Å². The van der Waals surface area contributed by atoms with Crippen molar-refractivity contribution in [2.75, 3.05) is 25.0 Å². The lowest BCUT2D eigenvalue weighted by atomic mass is 9.89. The lowest BCUT2D eigenvalue weighted by Crippen LogP contribution is -2.35. The molecule has 1 atom stereocenters. The van der Waals surface area contributed by atoms with Gasteiger partial charge in [0.05, 0.1) is 5.41 Å². The highest BCUT2D eigenvalue weighted by Crippen LogP contribution is 2.27. The zero-order chi connectivity index (χ0) is 14.6. The normalized spacial score (nSPS) is 20.4. The van der Waals surface area contributed by atoms with E-state index in [0.29, 0.717) is 18.0 Å². The molecule has 0 radical (unpaired) electrons. The number of halogens is 1. The molecule has 21 heavy (non-hydrogen) atoms. The molecule has 1 aromatic rings. The average molecular weight is 314 g/mol. The van der Waals surface area contributed by atoms with Crippen LogP contribution in [0, 0.1) is 5.41 Å². The Morgan fingerprint density at radius 3 is 2.86 bits per heavy atom. The maximum atomic E-state index is 12.2. The van der Waals surface area contributed by atoms with Gasteiger partial charge in [-0.25, -0.2) is 0 Å². The molecule has 0 spiro atoms. The maximum absolute atomic E-state index is 12.2. The molecule has 116 valence electrons. The van der Waals surface area contributed by atoms with Crippen molar-refractivity contribution in [3.8, 4) is 5.75 Å². The fourth-order valence-electron chi connectivity index (χ4n) is 2.11. The molecule has 1 aliphatic heterocycles. The molecule has 0 aromatic heterocycles. The predicted octanol–water partition coefficient (Wildman–Crippen LogP) is 0.911. The van der Waals surface area contributed by atoms with Crippen LogP contribution in [0.2, 0.25) is 0 Å². The fourth-order valence-corrected chi connectivity index (χ4v) is 2.11. The van der Waals surface area contributed by atoms with E-state index in [1.807, 2.05) is 6.92 Å². The lowest BCUT2D eigenvalue weighted by Gasteiger charge is -2.21. The second-order valence-corrected chi connectivity index (χ2v) is 5.22. The minimum absolute atomic E-state index is 0. The first-order valence-corrected chi connectivity index (χ1v) is 6.53. The highest BCUT2D eigenvalue weighted by molar-refractivity contribution is 5.95. The summed E-state index contributed by atoms with van der Waals surface area (Å²) in [7, 11) is 0. The number of primary amides is 1. The number of amides is 2. The Labute approximate surface area is 129 Å². The van der Waals surface area contributed by atoms with Crippen molar-refractivity contribution in [1.82, 2.24) is 5.32 Å². The van der Waals surface area contributed by atoms with E-state index in [1.54, 1.807) is 24.3 Å². The Balaban J connectivity index is 0.00000220. The predicted molar refractivity (Wildman–Crippen MR) is 82.6 cm³/mol. The molecule has 1 aliphatic rings. The van der Waals surface area contributed by atoms with Gasteiger partial charge in [-0.05, 0) is 32.0 Å². The minimum atomic E-state index is -0.538. The zero-order valence-electron chi connectivity index (χ0n) is 11.8. The summed E-state index contributed by atoms with van der Waals surface area (Å²) < 4.78 is 5.20. The maximum Gasteiger partial charge on any atom is 0.255 e. The molecule has 0 bridgehead atoms. The molecule has 1 saturated heterocycles. The van der Waals surface area contributed by atoms with E-state index in [4.69, 9.17) is 10.5 Å². The highest BCUT2D eigenvalue weighted by atomic mass is 35.5. The fraction of sp³-hybridized carbons (Fsp3) is 0.429. The second kappa shape index (κ2) is 7.28. The zero-order valence-corrected chi connectivity index (χ0v) is 12.7. The third kappa shape index (κ3) is 4.61. The molecule has 2 amide bonds. The van der Waals surface area contributed by atoms with Crippen LogP contribution in [0.1, 0.15) is 13.3 Å². The summed E-state index contributed by atoms with van der Waals surface area (Å²) in [5.74, 6) is -0.0603. The van der Waals surface area contributed by atoms with Crippen molar-refractivity contribution in [3.05, 3.63) is 24.3 Å². The summed E-state index contributed by atoms with van der Waals surface area (Å²) in [6.45, 7) is 3.29. The Morgan fingerprint density at radius 2 is 2.24 bits per heavy atom. The van der Waals surface area contributed by atoms with Crippen LogP contribution in [0.4, 0.5) is 5.69 Å². The SMILES string of the molecule is CC1(C(=O)Nc2cccc(OCC(N)=O)c2)CCNC1.Cl. The number of nitrogens with two attached hydrogens (primary N) is 1. The topological polar surface area (TPSA) is 93.4 Å². The van der Waals surface area contributed by atoms with Gasteiger partial charge in [-0.2, -0.15) is 0 Å². The van der Waals surface area contributed by atoms with E-state index in [1.165, 1.54) is 0 Å². The van der Waals surface area contributed by atoms with Gasteiger partial charge >= 0.3 is 0 Å². The summed E-state index contributed by atoms with van der Waals surface area (Å²) in [5, 5.41) is 6.06. The largest absolute Gasteiger partial charge is 0.484 e.